The van der Waals surface area contributed by atoms with E-state index in [1.165, 1.54) is 11.1 Å². The van der Waals surface area contributed by atoms with Gasteiger partial charge in [0.05, 0.1) is 6.61 Å². The minimum Gasteiger partial charge on any atom is -0.383 e. The average molecular weight is 313 g/mol. The largest absolute Gasteiger partial charge is 0.383 e. The van der Waals surface area contributed by atoms with E-state index < -0.39 is 6.04 Å². The van der Waals surface area contributed by atoms with Gasteiger partial charge in [0.15, 0.2) is 0 Å². The van der Waals surface area contributed by atoms with Crippen LogP contribution >= 0.6 is 12.4 Å². The zero-order chi connectivity index (χ0) is 14.7. The highest BCUT2D eigenvalue weighted by Gasteiger charge is 2.35. The van der Waals surface area contributed by atoms with Gasteiger partial charge in [0.1, 0.15) is 6.04 Å². The minimum atomic E-state index is -0.557. The first-order valence-corrected chi connectivity index (χ1v) is 7.15. The number of nitrogens with zero attached hydrogens (tertiary/aromatic N) is 1. The lowest BCUT2D eigenvalue weighted by Crippen LogP contribution is -2.47. The van der Waals surface area contributed by atoms with Crippen LogP contribution in [0.2, 0.25) is 0 Å². The Labute approximate surface area is 133 Å². The number of ether oxygens (including phenoxy) is 1. The van der Waals surface area contributed by atoms with Crippen LogP contribution in [0.5, 0.6) is 0 Å². The van der Waals surface area contributed by atoms with Crippen molar-refractivity contribution >= 4 is 18.3 Å². The van der Waals surface area contributed by atoms with E-state index >= 15 is 0 Å². The molecule has 1 aromatic rings. The van der Waals surface area contributed by atoms with Crippen LogP contribution < -0.4 is 5.73 Å². The Morgan fingerprint density at radius 1 is 1.48 bits per heavy atom. The van der Waals surface area contributed by atoms with Crippen molar-refractivity contribution in [2.24, 2.45) is 5.73 Å². The van der Waals surface area contributed by atoms with Crippen LogP contribution in [0.25, 0.3) is 0 Å². The first-order valence-electron chi connectivity index (χ1n) is 7.15. The second-order valence-corrected chi connectivity index (χ2v) is 5.69. The summed E-state index contributed by atoms with van der Waals surface area (Å²) in [5.74, 6) is 0.403. The Bertz CT molecular complexity index is 481. The molecule has 0 bridgehead atoms. The summed E-state index contributed by atoms with van der Waals surface area (Å²) in [4.78, 5) is 14.2. The van der Waals surface area contributed by atoms with Crippen molar-refractivity contribution in [3.8, 4) is 0 Å². The number of nitrogens with two attached hydrogens (primary N) is 1. The van der Waals surface area contributed by atoms with E-state index in [-0.39, 0.29) is 31.0 Å². The predicted molar refractivity (Wildman–Crippen MR) is 86.8 cm³/mol. The summed E-state index contributed by atoms with van der Waals surface area (Å²) in [6, 6.07) is 8.08. The molecule has 2 rings (SSSR count). The molecule has 1 aliphatic heterocycles. The van der Waals surface area contributed by atoms with Gasteiger partial charge < -0.3 is 15.4 Å². The van der Waals surface area contributed by atoms with Gasteiger partial charge in [-0.3, -0.25) is 4.79 Å². The van der Waals surface area contributed by atoms with Gasteiger partial charge in [-0.25, -0.2) is 0 Å². The number of hydrogen-bond donors (Lipinski definition) is 1. The number of methoxy groups -OCH3 is 1. The number of carbonyl (C=O) groups excluding carboxylic acids is 1. The van der Waals surface area contributed by atoms with Gasteiger partial charge in [0, 0.05) is 25.6 Å². The van der Waals surface area contributed by atoms with Crippen molar-refractivity contribution in [3.05, 3.63) is 35.4 Å². The van der Waals surface area contributed by atoms with E-state index in [1.54, 1.807) is 7.11 Å². The van der Waals surface area contributed by atoms with Gasteiger partial charge in [-0.05, 0) is 31.4 Å². The van der Waals surface area contributed by atoms with Gasteiger partial charge in [-0.15, -0.1) is 12.4 Å². The van der Waals surface area contributed by atoms with E-state index in [4.69, 9.17) is 10.5 Å². The lowest BCUT2D eigenvalue weighted by atomic mass is 9.93. The molecule has 3 atom stereocenters. The summed E-state index contributed by atoms with van der Waals surface area (Å²) in [5, 5.41) is 0. The number of halogens is 1. The number of hydrogen-bond acceptors (Lipinski definition) is 3. The van der Waals surface area contributed by atoms with Crippen LogP contribution in [-0.2, 0) is 9.53 Å². The highest BCUT2D eigenvalue weighted by atomic mass is 35.5. The van der Waals surface area contributed by atoms with Crippen molar-refractivity contribution < 1.29 is 9.53 Å². The number of amides is 1. The third-order valence-corrected chi connectivity index (χ3v) is 4.15. The topological polar surface area (TPSA) is 55.6 Å². The fourth-order valence-electron chi connectivity index (χ4n) is 3.07. The molecule has 1 aliphatic rings. The molecule has 2 N–H and O–H groups in total. The normalized spacial score (nSPS) is 22.8. The van der Waals surface area contributed by atoms with Crippen LogP contribution in [-0.4, -0.2) is 43.2 Å². The Hall–Kier alpha value is -1.10. The summed E-state index contributed by atoms with van der Waals surface area (Å²) in [7, 11) is 1.57. The highest BCUT2D eigenvalue weighted by molar-refractivity contribution is 5.85. The summed E-state index contributed by atoms with van der Waals surface area (Å²) in [5.41, 5.74) is 8.50. The number of aryl methyl sites for hydroxylation is 1. The van der Waals surface area contributed by atoms with Crippen LogP contribution in [0, 0.1) is 6.92 Å². The lowest BCUT2D eigenvalue weighted by Gasteiger charge is -2.24. The summed E-state index contributed by atoms with van der Waals surface area (Å²) in [6.07, 6.45) is 0.996. The van der Waals surface area contributed by atoms with Crippen molar-refractivity contribution in [1.82, 2.24) is 4.90 Å². The monoisotopic (exact) mass is 312 g/mol. The Morgan fingerprint density at radius 3 is 2.76 bits per heavy atom. The molecule has 0 aliphatic carbocycles. The molecule has 1 fully saturated rings. The van der Waals surface area contributed by atoms with Gasteiger partial charge in [0.2, 0.25) is 5.91 Å². The van der Waals surface area contributed by atoms with E-state index in [1.807, 2.05) is 4.90 Å². The maximum absolute atomic E-state index is 12.3. The predicted octanol–water partition coefficient (Wildman–Crippen LogP) is 2.09. The molecule has 1 amide bonds. The number of likely N-dealkylation sites (tertiary alicyclic amines) is 1. The molecule has 1 aromatic carbocycles. The molecular weight excluding hydrogens is 288 g/mol. The van der Waals surface area contributed by atoms with E-state index in [0.29, 0.717) is 5.92 Å². The fourth-order valence-corrected chi connectivity index (χ4v) is 3.07. The number of benzene rings is 1. The smallest absolute Gasteiger partial charge is 0.242 e. The Morgan fingerprint density at radius 2 is 2.14 bits per heavy atom. The molecule has 5 heteroatoms. The Kier molecular flexibility index (Phi) is 6.65. The maximum Gasteiger partial charge on any atom is 0.242 e. The van der Waals surface area contributed by atoms with E-state index in [9.17, 15) is 4.79 Å². The Balaban J connectivity index is 0.00000220. The van der Waals surface area contributed by atoms with Gasteiger partial charge in [-0.2, -0.15) is 0 Å². The minimum absolute atomic E-state index is 0. The van der Waals surface area contributed by atoms with Crippen LogP contribution in [0.1, 0.15) is 30.4 Å². The van der Waals surface area contributed by atoms with Crippen LogP contribution in [0.4, 0.5) is 0 Å². The first-order chi connectivity index (χ1) is 9.54. The maximum atomic E-state index is 12.3. The fraction of sp³-hybridized carbons (Fsp3) is 0.562. The second-order valence-electron chi connectivity index (χ2n) is 5.69. The highest BCUT2D eigenvalue weighted by Crippen LogP contribution is 2.33. The van der Waals surface area contributed by atoms with Crippen molar-refractivity contribution in [2.45, 2.75) is 38.3 Å². The quantitative estimate of drug-likeness (QED) is 0.926. The van der Waals surface area contributed by atoms with Gasteiger partial charge in [-0.1, -0.05) is 24.3 Å². The van der Waals surface area contributed by atoms with Crippen LogP contribution in [0.15, 0.2) is 24.3 Å². The number of rotatable bonds is 4. The van der Waals surface area contributed by atoms with Crippen molar-refractivity contribution in [3.63, 3.8) is 0 Å². The number of carbonyl (C=O) groups is 1. The molecule has 0 aromatic heterocycles. The van der Waals surface area contributed by atoms with Gasteiger partial charge >= 0.3 is 0 Å². The van der Waals surface area contributed by atoms with E-state index in [2.05, 4.69) is 38.1 Å². The zero-order valence-corrected chi connectivity index (χ0v) is 13.7. The molecular formula is C16H25ClN2O2. The molecule has 21 heavy (non-hydrogen) atoms. The molecule has 3 unspecified atom stereocenters. The summed E-state index contributed by atoms with van der Waals surface area (Å²) in [6.45, 7) is 5.25. The molecule has 0 saturated carbocycles. The third-order valence-electron chi connectivity index (χ3n) is 4.15. The molecule has 118 valence electrons. The second kappa shape index (κ2) is 7.78. The van der Waals surface area contributed by atoms with Gasteiger partial charge in [0.25, 0.3) is 0 Å². The molecule has 1 saturated heterocycles. The third kappa shape index (κ3) is 3.96. The molecule has 0 radical (unpaired) electrons. The summed E-state index contributed by atoms with van der Waals surface area (Å²) < 4.78 is 4.98. The molecule has 1 heterocycles. The van der Waals surface area contributed by atoms with Crippen molar-refractivity contribution in [1.29, 1.82) is 0 Å². The first kappa shape index (κ1) is 18.0. The average Bonchev–Trinajstić information content (AvgIpc) is 2.80. The standard InChI is InChI=1S/C16H24N2O2.ClH/c1-11-6-4-5-7-14(11)13-8-12(2)18(9-13)16(19)15(17)10-20-3;/h4-7,12-13,15H,8-10,17H2,1-3H3;1H. The van der Waals surface area contributed by atoms with E-state index in [0.717, 1.165) is 13.0 Å². The van der Waals surface area contributed by atoms with Crippen molar-refractivity contribution in [2.75, 3.05) is 20.3 Å². The van der Waals surface area contributed by atoms with Crippen LogP contribution in [0.3, 0.4) is 0 Å². The SMILES string of the molecule is COCC(N)C(=O)N1CC(c2ccccc2C)CC1C.Cl. The molecule has 4 nitrogen and oxygen atoms in total. The zero-order valence-electron chi connectivity index (χ0n) is 12.9. The lowest BCUT2D eigenvalue weighted by molar-refractivity contribution is -0.134. The summed E-state index contributed by atoms with van der Waals surface area (Å²) >= 11 is 0. The molecule has 0 spiro atoms.